The second kappa shape index (κ2) is 9.00. The summed E-state index contributed by atoms with van der Waals surface area (Å²) in [6.45, 7) is 6.91. The number of carbonyl (C=O) groups is 1. The largest absolute Gasteiger partial charge is 0.363 e. The molecule has 32 heavy (non-hydrogen) atoms. The Hall–Kier alpha value is -2.15. The molecule has 5 rings (SSSR count). The Bertz CT molecular complexity index is 992. The predicted molar refractivity (Wildman–Crippen MR) is 124 cm³/mol. The van der Waals surface area contributed by atoms with Gasteiger partial charge < -0.3 is 5.32 Å². The molecular weight excluding hydrogens is 427 g/mol. The molecule has 0 radical (unpaired) electrons. The van der Waals surface area contributed by atoms with E-state index < -0.39 is 0 Å². The quantitative estimate of drug-likeness (QED) is 0.733. The monoisotopic (exact) mass is 456 g/mol. The van der Waals surface area contributed by atoms with Crippen LogP contribution in [0.2, 0.25) is 0 Å². The predicted octanol–water partition coefficient (Wildman–Crippen LogP) is 3.71. The maximum absolute atomic E-state index is 14.1. The number of amides is 1. The molecule has 0 aromatic heterocycles. The number of nitrogens with zero attached hydrogens (tertiary/aromatic N) is 3. The number of halogens is 2. The lowest BCUT2D eigenvalue weighted by atomic mass is 9.77. The van der Waals surface area contributed by atoms with E-state index in [0.717, 1.165) is 49.5 Å². The highest BCUT2D eigenvalue weighted by molar-refractivity contribution is 6.31. The molecule has 0 spiro atoms. The van der Waals surface area contributed by atoms with Crippen LogP contribution in [0, 0.1) is 18.7 Å². The van der Waals surface area contributed by atoms with Crippen molar-refractivity contribution < 1.29 is 9.18 Å². The summed E-state index contributed by atoms with van der Waals surface area (Å²) in [6, 6.07) is 5.31. The zero-order valence-electron chi connectivity index (χ0n) is 18.5. The van der Waals surface area contributed by atoms with E-state index in [2.05, 4.69) is 15.1 Å². The van der Waals surface area contributed by atoms with Crippen molar-refractivity contribution in [1.29, 1.82) is 0 Å². The molecule has 7 heteroatoms. The second-order valence-corrected chi connectivity index (χ2v) is 9.83. The lowest BCUT2D eigenvalue weighted by molar-refractivity contribution is -0.126. The van der Waals surface area contributed by atoms with Gasteiger partial charge in [-0.25, -0.2) is 4.39 Å². The maximum Gasteiger partial charge on any atom is 0.254 e. The summed E-state index contributed by atoms with van der Waals surface area (Å²) in [5, 5.41) is 4.23. The summed E-state index contributed by atoms with van der Waals surface area (Å²) in [6.07, 6.45) is 8.93. The summed E-state index contributed by atoms with van der Waals surface area (Å²) < 4.78 is 14.1. The highest BCUT2D eigenvalue weighted by atomic mass is 35.5. The van der Waals surface area contributed by atoms with Crippen molar-refractivity contribution in [2.45, 2.75) is 38.9 Å². The van der Waals surface area contributed by atoms with Crippen LogP contribution >= 0.6 is 11.6 Å². The van der Waals surface area contributed by atoms with E-state index >= 15 is 0 Å². The Morgan fingerprint density at radius 3 is 2.50 bits per heavy atom. The zero-order chi connectivity index (χ0) is 22.2. The van der Waals surface area contributed by atoms with Gasteiger partial charge in [-0.05, 0) is 43.4 Å². The second-order valence-electron chi connectivity index (χ2n) is 9.40. The van der Waals surface area contributed by atoms with Gasteiger partial charge in [-0.15, -0.1) is 0 Å². The van der Waals surface area contributed by atoms with Gasteiger partial charge in [0.25, 0.3) is 5.91 Å². The van der Waals surface area contributed by atoms with Crippen LogP contribution in [0.4, 0.5) is 4.39 Å². The fourth-order valence-electron chi connectivity index (χ4n) is 5.01. The van der Waals surface area contributed by atoms with Crippen molar-refractivity contribution in [2.75, 3.05) is 32.7 Å². The number of aryl methyl sites for hydroxylation is 1. The van der Waals surface area contributed by atoms with Gasteiger partial charge in [0.15, 0.2) is 0 Å². The number of nitrogens with one attached hydrogen (secondary N) is 1. The molecule has 1 amide bonds. The third-order valence-corrected chi connectivity index (χ3v) is 7.27. The zero-order valence-corrected chi connectivity index (χ0v) is 19.2. The van der Waals surface area contributed by atoms with E-state index in [9.17, 15) is 9.18 Å². The minimum absolute atomic E-state index is 0.0135. The number of hydrogen-bond acceptors (Lipinski definition) is 4. The minimum Gasteiger partial charge on any atom is -0.363 e. The molecule has 1 N–H and O–H groups in total. The molecule has 1 aromatic rings. The van der Waals surface area contributed by atoms with Crippen LogP contribution in [-0.2, 0) is 11.3 Å². The average molecular weight is 457 g/mol. The van der Waals surface area contributed by atoms with E-state index in [1.807, 2.05) is 25.1 Å². The third-order valence-electron chi connectivity index (χ3n) is 7.07. The lowest BCUT2D eigenvalue weighted by Crippen LogP contribution is -2.55. The van der Waals surface area contributed by atoms with E-state index in [1.165, 1.54) is 24.8 Å². The van der Waals surface area contributed by atoms with Crippen LogP contribution in [0.15, 0.2) is 52.9 Å². The van der Waals surface area contributed by atoms with Crippen LogP contribution < -0.4 is 5.32 Å². The molecule has 4 aliphatic rings. The average Bonchev–Trinajstić information content (AvgIpc) is 2.72. The Kier molecular flexibility index (Phi) is 6.10. The van der Waals surface area contributed by atoms with E-state index in [0.29, 0.717) is 17.5 Å². The number of carbonyl (C=O) groups excluding carboxylic acids is 1. The molecule has 1 saturated heterocycles. The molecule has 3 aliphatic heterocycles. The van der Waals surface area contributed by atoms with Crippen molar-refractivity contribution in [3.8, 4) is 0 Å². The third kappa shape index (κ3) is 4.49. The molecule has 1 atom stereocenters. The van der Waals surface area contributed by atoms with E-state index in [4.69, 9.17) is 11.6 Å². The molecule has 1 aliphatic carbocycles. The van der Waals surface area contributed by atoms with Gasteiger partial charge in [0.2, 0.25) is 0 Å². The SMILES string of the molecule is Cc1ccc(F)c(CN2CCN(CC3=CC(=O)N4C=C(Cl)C=C(C5CCC5)C4N3)CC2)c1. The number of rotatable bonds is 5. The van der Waals surface area contributed by atoms with Crippen LogP contribution in [0.5, 0.6) is 0 Å². The Morgan fingerprint density at radius 2 is 1.81 bits per heavy atom. The summed E-state index contributed by atoms with van der Waals surface area (Å²) in [5.74, 6) is 0.366. The highest BCUT2D eigenvalue weighted by Gasteiger charge is 2.37. The number of allylic oxidation sites excluding steroid dienone is 2. The molecule has 170 valence electrons. The molecule has 1 saturated carbocycles. The first-order chi connectivity index (χ1) is 15.5. The van der Waals surface area contributed by atoms with Gasteiger partial charge in [0, 0.05) is 62.8 Å². The standard InChI is InChI=1S/C25H30ClFN4O/c1-17-5-6-23(27)19(11-17)14-29-7-9-30(10-8-29)16-21-13-24(32)31-15-20(26)12-22(25(31)28-21)18-3-2-4-18/h5-6,11-13,15,18,25,28H,2-4,7-10,14,16H2,1H3. The number of benzene rings is 1. The first-order valence-corrected chi connectivity index (χ1v) is 11.9. The summed E-state index contributed by atoms with van der Waals surface area (Å²) in [5.41, 5.74) is 4.04. The summed E-state index contributed by atoms with van der Waals surface area (Å²) in [7, 11) is 0. The molecule has 2 fully saturated rings. The van der Waals surface area contributed by atoms with Crippen LogP contribution in [0.3, 0.4) is 0 Å². The lowest BCUT2D eigenvalue weighted by Gasteiger charge is -2.43. The van der Waals surface area contributed by atoms with Gasteiger partial charge in [-0.3, -0.25) is 19.5 Å². The van der Waals surface area contributed by atoms with E-state index in [-0.39, 0.29) is 17.9 Å². The maximum atomic E-state index is 14.1. The Labute approximate surface area is 194 Å². The van der Waals surface area contributed by atoms with Crippen molar-refractivity contribution in [1.82, 2.24) is 20.0 Å². The van der Waals surface area contributed by atoms with Gasteiger partial charge in [0.05, 0.1) is 5.03 Å². The number of piperazine rings is 1. The first-order valence-electron chi connectivity index (χ1n) is 11.5. The molecule has 0 bridgehead atoms. The van der Waals surface area contributed by atoms with Gasteiger partial charge in [0.1, 0.15) is 12.0 Å². The molecule has 1 aromatic carbocycles. The van der Waals surface area contributed by atoms with Gasteiger partial charge >= 0.3 is 0 Å². The summed E-state index contributed by atoms with van der Waals surface area (Å²) >= 11 is 6.31. The molecular formula is C25H30ClFN4O. The van der Waals surface area contributed by atoms with Gasteiger partial charge in [-0.1, -0.05) is 35.7 Å². The normalized spacial score (nSPS) is 24.8. The number of fused-ring (bicyclic) bond motifs is 1. The Balaban J connectivity index is 1.19. The fraction of sp³-hybridized carbons (Fsp3) is 0.480. The van der Waals surface area contributed by atoms with Crippen molar-refractivity contribution >= 4 is 17.5 Å². The highest BCUT2D eigenvalue weighted by Crippen LogP contribution is 2.39. The topological polar surface area (TPSA) is 38.8 Å². The van der Waals surface area contributed by atoms with Crippen molar-refractivity contribution in [2.24, 2.45) is 5.92 Å². The van der Waals surface area contributed by atoms with Gasteiger partial charge in [-0.2, -0.15) is 0 Å². The van der Waals surface area contributed by atoms with E-state index in [1.54, 1.807) is 23.2 Å². The van der Waals surface area contributed by atoms with Crippen LogP contribution in [0.25, 0.3) is 0 Å². The van der Waals surface area contributed by atoms with Crippen LogP contribution in [-0.4, -0.2) is 59.5 Å². The first kappa shape index (κ1) is 21.7. The molecule has 3 heterocycles. The van der Waals surface area contributed by atoms with Crippen LogP contribution in [0.1, 0.15) is 30.4 Å². The van der Waals surface area contributed by atoms with Crippen molar-refractivity contribution in [3.05, 3.63) is 69.8 Å². The summed E-state index contributed by atoms with van der Waals surface area (Å²) in [4.78, 5) is 19.2. The Morgan fingerprint density at radius 1 is 1.09 bits per heavy atom. The molecule has 5 nitrogen and oxygen atoms in total. The molecule has 1 unspecified atom stereocenters. The van der Waals surface area contributed by atoms with Crippen molar-refractivity contribution in [3.63, 3.8) is 0 Å². The minimum atomic E-state index is -0.130. The fourth-order valence-corrected chi connectivity index (χ4v) is 5.25. The smallest absolute Gasteiger partial charge is 0.254 e. The number of hydrogen-bond donors (Lipinski definition) is 1.